The van der Waals surface area contributed by atoms with Crippen molar-refractivity contribution in [3.63, 3.8) is 0 Å². The zero-order chi connectivity index (χ0) is 13.1. The molecule has 2 rings (SSSR count). The second-order valence-corrected chi connectivity index (χ2v) is 4.60. The van der Waals surface area contributed by atoms with Crippen LogP contribution >= 0.6 is 0 Å². The molecule has 0 amide bonds. The van der Waals surface area contributed by atoms with Gasteiger partial charge in [0, 0.05) is 0 Å². The molecule has 1 unspecified atom stereocenters. The second kappa shape index (κ2) is 5.04. The van der Waals surface area contributed by atoms with Crippen molar-refractivity contribution >= 4 is 10.8 Å². The summed E-state index contributed by atoms with van der Waals surface area (Å²) in [6, 6.07) is 13.7. The van der Waals surface area contributed by atoms with E-state index in [1.807, 2.05) is 56.3 Å². The summed E-state index contributed by atoms with van der Waals surface area (Å²) in [6.07, 6.45) is -0.524. The van der Waals surface area contributed by atoms with E-state index in [0.29, 0.717) is 0 Å². The monoisotopic (exact) mass is 245 g/mol. The Morgan fingerprint density at radius 3 is 2.39 bits per heavy atom. The predicted octanol–water partition coefficient (Wildman–Crippen LogP) is 3.75. The third-order valence-corrected chi connectivity index (χ3v) is 2.91. The standard InChI is InChI=1S/C14H15NO3/c1-10(2)14(18-15(16)17)13-8-7-11-5-3-4-6-12(11)9-13/h3-10,14H,1-2H3. The lowest BCUT2D eigenvalue weighted by molar-refractivity contribution is -0.772. The fraction of sp³-hybridized carbons (Fsp3) is 0.286. The molecule has 0 fully saturated rings. The summed E-state index contributed by atoms with van der Waals surface area (Å²) < 4.78 is 0. The molecule has 0 bridgehead atoms. The van der Waals surface area contributed by atoms with Crippen molar-refractivity contribution in [2.45, 2.75) is 20.0 Å². The summed E-state index contributed by atoms with van der Waals surface area (Å²) in [7, 11) is 0. The Hall–Kier alpha value is -2.10. The van der Waals surface area contributed by atoms with Gasteiger partial charge >= 0.3 is 0 Å². The quantitative estimate of drug-likeness (QED) is 0.609. The number of benzene rings is 2. The molecule has 0 heterocycles. The fourth-order valence-corrected chi connectivity index (χ4v) is 2.04. The Kier molecular flexibility index (Phi) is 3.46. The molecule has 4 nitrogen and oxygen atoms in total. The largest absolute Gasteiger partial charge is 0.306 e. The van der Waals surface area contributed by atoms with Gasteiger partial charge in [0.1, 0.15) is 6.10 Å². The van der Waals surface area contributed by atoms with E-state index in [9.17, 15) is 10.1 Å². The Labute approximate surface area is 105 Å². The highest BCUT2D eigenvalue weighted by molar-refractivity contribution is 5.83. The van der Waals surface area contributed by atoms with Crippen LogP contribution in [-0.4, -0.2) is 5.09 Å². The molecule has 0 aliphatic carbocycles. The first kappa shape index (κ1) is 12.4. The lowest BCUT2D eigenvalue weighted by Gasteiger charge is -2.19. The molecule has 2 aromatic rings. The van der Waals surface area contributed by atoms with Crippen LogP contribution in [0.4, 0.5) is 0 Å². The first-order valence-corrected chi connectivity index (χ1v) is 5.88. The highest BCUT2D eigenvalue weighted by Crippen LogP contribution is 2.28. The first-order valence-electron chi connectivity index (χ1n) is 5.88. The molecule has 0 aliphatic heterocycles. The lowest BCUT2D eigenvalue weighted by atomic mass is 9.96. The molecule has 0 saturated carbocycles. The average molecular weight is 245 g/mol. The summed E-state index contributed by atoms with van der Waals surface area (Å²) in [4.78, 5) is 15.3. The third kappa shape index (κ3) is 2.59. The third-order valence-electron chi connectivity index (χ3n) is 2.91. The maximum absolute atomic E-state index is 10.5. The molecule has 18 heavy (non-hydrogen) atoms. The van der Waals surface area contributed by atoms with Crippen LogP contribution in [-0.2, 0) is 4.84 Å². The Bertz CT molecular complexity index is 566. The van der Waals surface area contributed by atoms with Crippen LogP contribution in [0.15, 0.2) is 42.5 Å². The zero-order valence-corrected chi connectivity index (χ0v) is 10.4. The van der Waals surface area contributed by atoms with E-state index in [-0.39, 0.29) is 5.92 Å². The minimum Gasteiger partial charge on any atom is -0.306 e. The van der Waals surface area contributed by atoms with Crippen molar-refractivity contribution in [1.29, 1.82) is 0 Å². The SMILES string of the molecule is CC(C)C(O[N+](=O)[O-])c1ccc2ccccc2c1. The molecule has 4 heteroatoms. The van der Waals surface area contributed by atoms with Crippen LogP contribution in [0.25, 0.3) is 10.8 Å². The fourth-order valence-electron chi connectivity index (χ4n) is 2.04. The van der Waals surface area contributed by atoms with Gasteiger partial charge in [-0.3, -0.25) is 0 Å². The van der Waals surface area contributed by atoms with Crippen molar-refractivity contribution < 1.29 is 9.92 Å². The van der Waals surface area contributed by atoms with E-state index in [4.69, 9.17) is 4.84 Å². The van der Waals surface area contributed by atoms with E-state index in [0.717, 1.165) is 16.3 Å². The maximum atomic E-state index is 10.5. The van der Waals surface area contributed by atoms with Crippen LogP contribution in [0.1, 0.15) is 25.5 Å². The van der Waals surface area contributed by atoms with Gasteiger partial charge in [-0.15, -0.1) is 10.1 Å². The van der Waals surface area contributed by atoms with Gasteiger partial charge < -0.3 is 4.84 Å². The number of nitrogens with zero attached hydrogens (tertiary/aromatic N) is 1. The Morgan fingerprint density at radius 2 is 1.78 bits per heavy atom. The van der Waals surface area contributed by atoms with Gasteiger partial charge in [-0.05, 0) is 28.3 Å². The number of rotatable bonds is 4. The first-order chi connectivity index (χ1) is 8.58. The van der Waals surface area contributed by atoms with Gasteiger partial charge in [-0.2, -0.15) is 0 Å². The number of hydrogen-bond donors (Lipinski definition) is 0. The highest BCUT2D eigenvalue weighted by atomic mass is 17.0. The number of fused-ring (bicyclic) bond motifs is 1. The van der Waals surface area contributed by atoms with Crippen molar-refractivity contribution in [3.8, 4) is 0 Å². The van der Waals surface area contributed by atoms with Crippen LogP contribution < -0.4 is 0 Å². The van der Waals surface area contributed by atoms with Crippen LogP contribution in [0.5, 0.6) is 0 Å². The van der Waals surface area contributed by atoms with Gasteiger partial charge in [0.05, 0.1) is 0 Å². The summed E-state index contributed by atoms with van der Waals surface area (Å²) in [5, 5.41) is 12.0. The molecular weight excluding hydrogens is 230 g/mol. The van der Waals surface area contributed by atoms with Crippen molar-refractivity contribution in [2.24, 2.45) is 5.92 Å². The maximum Gasteiger partial charge on any atom is 0.295 e. The summed E-state index contributed by atoms with van der Waals surface area (Å²) in [5.41, 5.74) is 0.834. The second-order valence-electron chi connectivity index (χ2n) is 4.60. The van der Waals surface area contributed by atoms with E-state index in [1.54, 1.807) is 0 Å². The van der Waals surface area contributed by atoms with Crippen LogP contribution in [0.2, 0.25) is 0 Å². The van der Waals surface area contributed by atoms with E-state index >= 15 is 0 Å². The summed E-state index contributed by atoms with van der Waals surface area (Å²) >= 11 is 0. The van der Waals surface area contributed by atoms with Gasteiger partial charge in [-0.25, -0.2) is 0 Å². The molecule has 2 aromatic carbocycles. The molecule has 0 aromatic heterocycles. The van der Waals surface area contributed by atoms with Gasteiger partial charge in [0.25, 0.3) is 5.09 Å². The van der Waals surface area contributed by atoms with Gasteiger partial charge in [-0.1, -0.05) is 50.2 Å². The molecule has 0 aliphatic rings. The molecule has 0 radical (unpaired) electrons. The van der Waals surface area contributed by atoms with Crippen molar-refractivity contribution in [3.05, 3.63) is 58.1 Å². The van der Waals surface area contributed by atoms with E-state index in [2.05, 4.69) is 0 Å². The van der Waals surface area contributed by atoms with E-state index < -0.39 is 11.2 Å². The smallest absolute Gasteiger partial charge is 0.295 e. The van der Waals surface area contributed by atoms with Crippen molar-refractivity contribution in [2.75, 3.05) is 0 Å². The zero-order valence-electron chi connectivity index (χ0n) is 10.4. The van der Waals surface area contributed by atoms with Crippen molar-refractivity contribution in [1.82, 2.24) is 0 Å². The summed E-state index contributed by atoms with van der Waals surface area (Å²) in [5.74, 6) is 0.0385. The molecule has 0 N–H and O–H groups in total. The molecule has 1 atom stereocenters. The normalized spacial score (nSPS) is 12.6. The van der Waals surface area contributed by atoms with E-state index in [1.165, 1.54) is 0 Å². The molecule has 0 spiro atoms. The number of hydrogen-bond acceptors (Lipinski definition) is 3. The Balaban J connectivity index is 2.41. The molecular formula is C14H15NO3. The predicted molar refractivity (Wildman–Crippen MR) is 69.6 cm³/mol. The highest BCUT2D eigenvalue weighted by Gasteiger charge is 2.20. The minimum absolute atomic E-state index is 0.0385. The summed E-state index contributed by atoms with van der Waals surface area (Å²) in [6.45, 7) is 3.81. The van der Waals surface area contributed by atoms with Crippen LogP contribution in [0.3, 0.4) is 0 Å². The average Bonchev–Trinajstić information content (AvgIpc) is 2.35. The lowest BCUT2D eigenvalue weighted by Crippen LogP contribution is -2.15. The van der Waals surface area contributed by atoms with Gasteiger partial charge in [0.15, 0.2) is 0 Å². The Morgan fingerprint density at radius 1 is 1.11 bits per heavy atom. The molecule has 94 valence electrons. The molecule has 0 saturated heterocycles. The minimum atomic E-state index is -0.722. The van der Waals surface area contributed by atoms with Gasteiger partial charge in [0.2, 0.25) is 0 Å². The van der Waals surface area contributed by atoms with Crippen LogP contribution in [0, 0.1) is 16.0 Å². The topological polar surface area (TPSA) is 52.4 Å².